The van der Waals surface area contributed by atoms with Crippen molar-refractivity contribution < 1.29 is 9.59 Å². The summed E-state index contributed by atoms with van der Waals surface area (Å²) in [5, 5.41) is 1.83. The van der Waals surface area contributed by atoms with Gasteiger partial charge in [0.15, 0.2) is 0 Å². The number of hydrogen-bond acceptors (Lipinski definition) is 4. The highest BCUT2D eigenvalue weighted by molar-refractivity contribution is 14.0. The fraction of sp³-hybridized carbons (Fsp3) is 0.333. The highest BCUT2D eigenvalue weighted by Crippen LogP contribution is 2.10. The van der Waals surface area contributed by atoms with Crippen molar-refractivity contribution in [2.45, 2.75) is 0 Å². The largest absolute Gasteiger partial charge is 0.351 e. The Balaban J connectivity index is 0. The monoisotopic (exact) mass is 309 g/mol. The molecule has 0 aromatic carbocycles. The van der Waals surface area contributed by atoms with Crippen molar-refractivity contribution in [2.75, 3.05) is 6.26 Å². The zero-order chi connectivity index (χ0) is 7.98. The summed E-state index contributed by atoms with van der Waals surface area (Å²) < 4.78 is 2.29. The Hall–Kier alpha value is 0.170. The zero-order valence-electron chi connectivity index (χ0n) is 5.62. The second kappa shape index (κ2) is 8.27. The molecule has 5 nitrogen and oxygen atoms in total. The fourth-order valence-electron chi connectivity index (χ4n) is 0.217. The highest BCUT2D eigenvalue weighted by Gasteiger charge is 2.00. The molecule has 0 saturated heterocycles. The normalized spacial score (nSPS) is 7.73. The van der Waals surface area contributed by atoms with Gasteiger partial charge >= 0.3 is 12.1 Å². The molecule has 0 spiro atoms. The first-order chi connectivity index (χ1) is 4.66. The van der Waals surface area contributed by atoms with E-state index in [1.165, 1.54) is 10.8 Å². The molecule has 0 aliphatic carbocycles. The van der Waals surface area contributed by atoms with Crippen LogP contribution in [0.15, 0.2) is 0 Å². The molecular formula is C3H8IN3O2S2. The van der Waals surface area contributed by atoms with Crippen molar-refractivity contribution in [2.24, 2.45) is 5.73 Å². The molecular weight excluding hydrogens is 301 g/mol. The smallest absolute Gasteiger partial charge is 0.333 e. The molecule has 0 aromatic rings. The topological polar surface area (TPSA) is 84.2 Å². The molecule has 0 aliphatic heterocycles. The average molecular weight is 309 g/mol. The third-order valence-electron chi connectivity index (χ3n) is 0.454. The predicted octanol–water partition coefficient (Wildman–Crippen LogP) is 0.909. The van der Waals surface area contributed by atoms with Crippen LogP contribution < -0.4 is 15.8 Å². The molecule has 0 heterocycles. The van der Waals surface area contributed by atoms with Gasteiger partial charge in [0.1, 0.15) is 0 Å². The van der Waals surface area contributed by atoms with E-state index < -0.39 is 12.1 Å². The quantitative estimate of drug-likeness (QED) is 0.402. The molecule has 4 N–H and O–H groups in total. The number of rotatable bonds is 2. The number of amides is 4. The maximum atomic E-state index is 10.5. The lowest BCUT2D eigenvalue weighted by Gasteiger charge is -1.99. The van der Waals surface area contributed by atoms with Crippen LogP contribution in [0.2, 0.25) is 0 Å². The van der Waals surface area contributed by atoms with E-state index >= 15 is 0 Å². The number of primary amides is 1. The zero-order valence-corrected chi connectivity index (χ0v) is 9.58. The van der Waals surface area contributed by atoms with Crippen molar-refractivity contribution in [1.82, 2.24) is 10.0 Å². The predicted molar refractivity (Wildman–Crippen MR) is 57.8 cm³/mol. The van der Waals surface area contributed by atoms with E-state index in [4.69, 9.17) is 0 Å². The van der Waals surface area contributed by atoms with E-state index in [1.807, 2.05) is 5.32 Å². The summed E-state index contributed by atoms with van der Waals surface area (Å²) >= 11 is 0. The van der Waals surface area contributed by atoms with Crippen LogP contribution >= 0.6 is 45.8 Å². The van der Waals surface area contributed by atoms with E-state index in [0.717, 1.165) is 11.0 Å². The van der Waals surface area contributed by atoms with Gasteiger partial charge in [-0.05, 0) is 6.26 Å². The van der Waals surface area contributed by atoms with Crippen LogP contribution in [0.4, 0.5) is 9.59 Å². The van der Waals surface area contributed by atoms with Crippen LogP contribution in [0.25, 0.3) is 0 Å². The molecule has 4 amide bonds. The Bertz CT molecular complexity index is 145. The number of nitrogens with two attached hydrogens (primary N) is 1. The average Bonchev–Trinajstić information content (AvgIpc) is 1.82. The number of halogens is 1. The van der Waals surface area contributed by atoms with Gasteiger partial charge in [-0.15, -0.1) is 24.0 Å². The van der Waals surface area contributed by atoms with Gasteiger partial charge in [0.25, 0.3) is 0 Å². The Labute approximate surface area is 89.2 Å². The van der Waals surface area contributed by atoms with E-state index in [2.05, 4.69) is 10.5 Å². The van der Waals surface area contributed by atoms with Crippen molar-refractivity contribution >= 4 is 57.8 Å². The number of imide groups is 1. The minimum Gasteiger partial charge on any atom is -0.351 e. The van der Waals surface area contributed by atoms with Crippen LogP contribution in [0.3, 0.4) is 0 Å². The fourth-order valence-corrected chi connectivity index (χ4v) is 0.904. The molecule has 0 aromatic heterocycles. The van der Waals surface area contributed by atoms with Crippen LogP contribution in [0.5, 0.6) is 0 Å². The molecule has 0 unspecified atom stereocenters. The SMILES string of the molecule is CSSNC(=O)NC(N)=O.I. The minimum atomic E-state index is -0.862. The minimum absolute atomic E-state index is 0. The van der Waals surface area contributed by atoms with Gasteiger partial charge in [-0.25, -0.2) is 9.59 Å². The lowest BCUT2D eigenvalue weighted by Crippen LogP contribution is -2.39. The second-order valence-electron chi connectivity index (χ2n) is 1.17. The van der Waals surface area contributed by atoms with Gasteiger partial charge < -0.3 is 5.73 Å². The number of urea groups is 2. The van der Waals surface area contributed by atoms with Crippen LogP contribution in [0.1, 0.15) is 0 Å². The Morgan fingerprint density at radius 3 is 2.36 bits per heavy atom. The maximum absolute atomic E-state index is 10.5. The molecule has 0 aliphatic rings. The second-order valence-corrected chi connectivity index (χ2v) is 3.37. The summed E-state index contributed by atoms with van der Waals surface area (Å²) in [7, 11) is 2.45. The molecule has 0 saturated carbocycles. The summed E-state index contributed by atoms with van der Waals surface area (Å²) in [6, 6.07) is -1.47. The Morgan fingerprint density at radius 2 is 2.00 bits per heavy atom. The molecule has 66 valence electrons. The van der Waals surface area contributed by atoms with E-state index in [0.29, 0.717) is 0 Å². The van der Waals surface area contributed by atoms with Gasteiger partial charge in [-0.1, -0.05) is 10.8 Å². The third kappa shape index (κ3) is 10.2. The van der Waals surface area contributed by atoms with Gasteiger partial charge in [0.2, 0.25) is 0 Å². The number of nitrogens with one attached hydrogen (secondary N) is 2. The summed E-state index contributed by atoms with van der Waals surface area (Å²) in [5.41, 5.74) is 4.64. The van der Waals surface area contributed by atoms with Crippen molar-refractivity contribution in [3.8, 4) is 0 Å². The van der Waals surface area contributed by atoms with E-state index in [9.17, 15) is 9.59 Å². The molecule has 0 radical (unpaired) electrons. The molecule has 0 atom stereocenters. The lowest BCUT2D eigenvalue weighted by molar-refractivity contribution is 0.235. The number of hydrogen-bond donors (Lipinski definition) is 3. The lowest BCUT2D eigenvalue weighted by atomic mass is 10.9. The third-order valence-corrected chi connectivity index (χ3v) is 1.64. The standard InChI is InChI=1S/C3H7N3O2S2.HI/c1-9-10-6-3(8)5-2(4)7;/h1H3,(H4,4,5,6,7,8);1H. The molecule has 0 rings (SSSR count). The maximum Gasteiger partial charge on any atom is 0.333 e. The van der Waals surface area contributed by atoms with Crippen molar-refractivity contribution in [3.05, 3.63) is 0 Å². The first-order valence-corrected chi connectivity index (χ1v) is 4.78. The molecule has 0 bridgehead atoms. The summed E-state index contributed by atoms with van der Waals surface area (Å²) in [6.07, 6.45) is 1.79. The first-order valence-electron chi connectivity index (χ1n) is 2.23. The van der Waals surface area contributed by atoms with Crippen LogP contribution in [0, 0.1) is 0 Å². The summed E-state index contributed by atoms with van der Waals surface area (Å²) in [6.45, 7) is 0. The van der Waals surface area contributed by atoms with Gasteiger partial charge in [-0.2, -0.15) is 0 Å². The molecule has 11 heavy (non-hydrogen) atoms. The molecule has 8 heteroatoms. The van der Waals surface area contributed by atoms with Crippen LogP contribution in [-0.4, -0.2) is 18.3 Å². The first kappa shape index (κ1) is 13.7. The van der Waals surface area contributed by atoms with Gasteiger partial charge in [0.05, 0.1) is 0 Å². The van der Waals surface area contributed by atoms with E-state index in [1.54, 1.807) is 6.26 Å². The molecule has 0 fully saturated rings. The Kier molecular flexibility index (Phi) is 10.3. The van der Waals surface area contributed by atoms with Crippen LogP contribution in [-0.2, 0) is 0 Å². The highest BCUT2D eigenvalue weighted by atomic mass is 127. The summed E-state index contributed by atoms with van der Waals surface area (Å²) in [4.78, 5) is 20.5. The van der Waals surface area contributed by atoms with Crippen molar-refractivity contribution in [1.29, 1.82) is 0 Å². The van der Waals surface area contributed by atoms with Crippen molar-refractivity contribution in [3.63, 3.8) is 0 Å². The van der Waals surface area contributed by atoms with E-state index in [-0.39, 0.29) is 24.0 Å². The Morgan fingerprint density at radius 1 is 1.45 bits per heavy atom. The number of carbonyl (C=O) groups excluding carboxylic acids is 2. The summed E-state index contributed by atoms with van der Waals surface area (Å²) in [5.74, 6) is 0. The number of carbonyl (C=O) groups is 2. The van der Waals surface area contributed by atoms with Gasteiger partial charge in [0, 0.05) is 11.0 Å². The van der Waals surface area contributed by atoms with Gasteiger partial charge in [-0.3, -0.25) is 10.0 Å².